The van der Waals surface area contributed by atoms with Crippen molar-refractivity contribution < 1.29 is 14.7 Å². The molecule has 1 fully saturated rings. The van der Waals surface area contributed by atoms with Gasteiger partial charge in [0.1, 0.15) is 11.3 Å². The summed E-state index contributed by atoms with van der Waals surface area (Å²) in [4.78, 5) is 27.3. The molecule has 3 rings (SSSR count). The van der Waals surface area contributed by atoms with E-state index in [1.807, 2.05) is 24.4 Å². The first-order chi connectivity index (χ1) is 10.1. The molecule has 2 aromatic heterocycles. The van der Waals surface area contributed by atoms with E-state index in [1.54, 1.807) is 10.6 Å². The van der Waals surface area contributed by atoms with Crippen LogP contribution in [0.15, 0.2) is 30.6 Å². The second-order valence-electron chi connectivity index (χ2n) is 5.70. The summed E-state index contributed by atoms with van der Waals surface area (Å²) < 4.78 is 1.78. The Morgan fingerprint density at radius 3 is 2.81 bits per heavy atom. The maximum atomic E-state index is 12.2. The number of carbonyl (C=O) groups excluding carboxylic acids is 1. The molecular weight excluding hydrogens is 270 g/mol. The Hall–Kier alpha value is -2.37. The fourth-order valence-electron chi connectivity index (χ4n) is 2.82. The van der Waals surface area contributed by atoms with Gasteiger partial charge in [-0.25, -0.2) is 4.98 Å². The molecule has 0 unspecified atom stereocenters. The predicted molar refractivity (Wildman–Crippen MR) is 76.1 cm³/mol. The summed E-state index contributed by atoms with van der Waals surface area (Å²) in [5.41, 5.74) is 0.790. The van der Waals surface area contributed by atoms with Crippen LogP contribution in [-0.4, -0.2) is 32.9 Å². The molecule has 21 heavy (non-hydrogen) atoms. The molecule has 2 heterocycles. The number of pyridine rings is 1. The van der Waals surface area contributed by atoms with Crippen LogP contribution in [0, 0.1) is 5.41 Å². The second kappa shape index (κ2) is 5.20. The van der Waals surface area contributed by atoms with Gasteiger partial charge in [-0.1, -0.05) is 12.5 Å². The maximum absolute atomic E-state index is 12.2. The van der Waals surface area contributed by atoms with Crippen LogP contribution in [0.3, 0.4) is 0 Å². The highest BCUT2D eigenvalue weighted by Gasteiger charge is 2.39. The van der Waals surface area contributed by atoms with Crippen molar-refractivity contribution in [3.63, 3.8) is 0 Å². The topological polar surface area (TPSA) is 83.7 Å². The van der Waals surface area contributed by atoms with E-state index in [0.29, 0.717) is 17.9 Å². The minimum Gasteiger partial charge on any atom is -0.481 e. The Labute approximate surface area is 121 Å². The third-order valence-corrected chi connectivity index (χ3v) is 4.16. The number of nitrogens with zero attached hydrogens (tertiary/aromatic N) is 2. The number of hydrogen-bond acceptors (Lipinski definition) is 3. The lowest BCUT2D eigenvalue weighted by Crippen LogP contribution is -2.43. The van der Waals surface area contributed by atoms with Crippen LogP contribution in [0.1, 0.15) is 36.2 Å². The first-order valence-corrected chi connectivity index (χ1v) is 7.02. The summed E-state index contributed by atoms with van der Waals surface area (Å²) in [5, 5.41) is 11.8. The third kappa shape index (κ3) is 2.74. The normalized spacial score (nSPS) is 16.4. The number of imidazole rings is 1. The highest BCUT2D eigenvalue weighted by Crippen LogP contribution is 2.43. The third-order valence-electron chi connectivity index (χ3n) is 4.16. The molecule has 110 valence electrons. The van der Waals surface area contributed by atoms with Gasteiger partial charge in [0, 0.05) is 18.9 Å². The highest BCUT2D eigenvalue weighted by atomic mass is 16.4. The van der Waals surface area contributed by atoms with Crippen molar-refractivity contribution >= 4 is 17.5 Å². The summed E-state index contributed by atoms with van der Waals surface area (Å²) >= 11 is 0. The van der Waals surface area contributed by atoms with E-state index in [9.17, 15) is 9.59 Å². The van der Waals surface area contributed by atoms with Crippen molar-refractivity contribution in [1.82, 2.24) is 14.7 Å². The van der Waals surface area contributed by atoms with E-state index in [2.05, 4.69) is 10.3 Å². The molecule has 1 saturated carbocycles. The average Bonchev–Trinajstić information content (AvgIpc) is 2.84. The van der Waals surface area contributed by atoms with Gasteiger partial charge >= 0.3 is 5.97 Å². The summed E-state index contributed by atoms with van der Waals surface area (Å²) in [6.45, 7) is 0.395. The quantitative estimate of drug-likeness (QED) is 0.877. The van der Waals surface area contributed by atoms with E-state index < -0.39 is 5.97 Å². The zero-order valence-corrected chi connectivity index (χ0v) is 11.6. The van der Waals surface area contributed by atoms with Crippen molar-refractivity contribution in [3.8, 4) is 0 Å². The number of fused-ring (bicyclic) bond motifs is 1. The van der Waals surface area contributed by atoms with Gasteiger partial charge in [-0.2, -0.15) is 0 Å². The molecule has 0 spiro atoms. The second-order valence-corrected chi connectivity index (χ2v) is 5.70. The Balaban J connectivity index is 1.67. The van der Waals surface area contributed by atoms with Gasteiger partial charge in [-0.05, 0) is 30.4 Å². The monoisotopic (exact) mass is 287 g/mol. The number of carbonyl (C=O) groups is 2. The smallest absolute Gasteiger partial charge is 0.303 e. The van der Waals surface area contributed by atoms with Gasteiger partial charge in [0.15, 0.2) is 0 Å². The van der Waals surface area contributed by atoms with Crippen molar-refractivity contribution in [2.75, 3.05) is 6.54 Å². The van der Waals surface area contributed by atoms with E-state index in [4.69, 9.17) is 5.11 Å². The molecule has 6 nitrogen and oxygen atoms in total. The molecule has 6 heteroatoms. The number of amides is 1. The molecule has 0 aliphatic heterocycles. The fraction of sp³-hybridized carbons (Fsp3) is 0.400. The lowest BCUT2D eigenvalue weighted by molar-refractivity contribution is -0.141. The zero-order chi connectivity index (χ0) is 14.9. The van der Waals surface area contributed by atoms with Crippen molar-refractivity contribution in [1.29, 1.82) is 0 Å². The maximum Gasteiger partial charge on any atom is 0.303 e. The van der Waals surface area contributed by atoms with Crippen LogP contribution >= 0.6 is 0 Å². The van der Waals surface area contributed by atoms with E-state index in [1.165, 1.54) is 0 Å². The molecule has 2 N–H and O–H groups in total. The Morgan fingerprint density at radius 2 is 2.19 bits per heavy atom. The molecule has 1 amide bonds. The van der Waals surface area contributed by atoms with Crippen LogP contribution in [0.25, 0.3) is 5.65 Å². The molecule has 0 atom stereocenters. The minimum atomic E-state index is -0.809. The van der Waals surface area contributed by atoms with Crippen molar-refractivity contribution in [3.05, 3.63) is 36.3 Å². The zero-order valence-electron chi connectivity index (χ0n) is 11.6. The summed E-state index contributed by atoms with van der Waals surface area (Å²) in [5.74, 6) is -1.06. The lowest BCUT2D eigenvalue weighted by Gasteiger charge is -2.40. The van der Waals surface area contributed by atoms with Gasteiger partial charge in [-0.15, -0.1) is 0 Å². The summed E-state index contributed by atoms with van der Waals surface area (Å²) in [6.07, 6.45) is 6.34. The SMILES string of the molecule is O=C(O)CC1(CNC(=O)c2cn3ccccc3n2)CCC1. The first-order valence-electron chi connectivity index (χ1n) is 7.02. The number of aliphatic carboxylic acids is 1. The number of carboxylic acid groups (broad SMARTS) is 1. The van der Waals surface area contributed by atoms with Crippen LogP contribution in [-0.2, 0) is 4.79 Å². The predicted octanol–water partition coefficient (Wildman–Crippen LogP) is 1.71. The molecule has 0 saturated heterocycles. The van der Waals surface area contributed by atoms with E-state index >= 15 is 0 Å². The van der Waals surface area contributed by atoms with Gasteiger partial charge in [0.2, 0.25) is 0 Å². The molecule has 1 aliphatic carbocycles. The molecular formula is C15H17N3O3. The van der Waals surface area contributed by atoms with Crippen LogP contribution in [0.4, 0.5) is 0 Å². The Morgan fingerprint density at radius 1 is 1.38 bits per heavy atom. The molecule has 1 aliphatic rings. The van der Waals surface area contributed by atoms with E-state index in [-0.39, 0.29) is 17.7 Å². The number of hydrogen-bond donors (Lipinski definition) is 2. The van der Waals surface area contributed by atoms with Gasteiger partial charge < -0.3 is 14.8 Å². The number of aromatic nitrogens is 2. The molecule has 0 aromatic carbocycles. The Bertz CT molecular complexity index is 655. The van der Waals surface area contributed by atoms with Crippen LogP contribution < -0.4 is 5.32 Å². The van der Waals surface area contributed by atoms with Crippen molar-refractivity contribution in [2.45, 2.75) is 25.7 Å². The van der Waals surface area contributed by atoms with Gasteiger partial charge in [0.25, 0.3) is 5.91 Å². The summed E-state index contributed by atoms with van der Waals surface area (Å²) in [6, 6.07) is 5.56. The van der Waals surface area contributed by atoms with E-state index in [0.717, 1.165) is 19.3 Å². The number of rotatable bonds is 5. The lowest BCUT2D eigenvalue weighted by atomic mass is 9.66. The molecule has 0 bridgehead atoms. The fourth-order valence-corrected chi connectivity index (χ4v) is 2.82. The number of carboxylic acids is 1. The Kier molecular flexibility index (Phi) is 3.37. The molecule has 2 aromatic rings. The first kappa shape index (κ1) is 13.6. The minimum absolute atomic E-state index is 0.110. The average molecular weight is 287 g/mol. The van der Waals surface area contributed by atoms with Crippen LogP contribution in [0.2, 0.25) is 0 Å². The van der Waals surface area contributed by atoms with Crippen molar-refractivity contribution in [2.24, 2.45) is 5.41 Å². The summed E-state index contributed by atoms with van der Waals surface area (Å²) in [7, 11) is 0. The van der Waals surface area contributed by atoms with Gasteiger partial charge in [-0.3, -0.25) is 9.59 Å². The highest BCUT2D eigenvalue weighted by molar-refractivity contribution is 5.92. The van der Waals surface area contributed by atoms with Gasteiger partial charge in [0.05, 0.1) is 6.42 Å². The van der Waals surface area contributed by atoms with Crippen LogP contribution in [0.5, 0.6) is 0 Å². The molecule has 0 radical (unpaired) electrons. The number of nitrogens with one attached hydrogen (secondary N) is 1. The largest absolute Gasteiger partial charge is 0.481 e. The standard InChI is InChI=1S/C15H17N3O3/c19-13(20)8-15(5-3-6-15)10-16-14(21)11-9-18-7-2-1-4-12(18)17-11/h1-2,4,7,9H,3,5-6,8,10H2,(H,16,21)(H,19,20).